The molecule has 0 aromatic heterocycles. The fourth-order valence-electron chi connectivity index (χ4n) is 13.1. The van der Waals surface area contributed by atoms with Gasteiger partial charge in [-0.25, -0.2) is 9.78 Å². The molecule has 3 N–H and O–H groups in total. The zero-order valence-corrected chi connectivity index (χ0v) is 45.5. The molecule has 406 valence electrons. The van der Waals surface area contributed by atoms with E-state index in [4.69, 9.17) is 14.5 Å². The summed E-state index contributed by atoms with van der Waals surface area (Å²) in [5.41, 5.74) is 14.5. The van der Waals surface area contributed by atoms with Crippen molar-refractivity contribution in [1.82, 2.24) is 24.8 Å². The average Bonchev–Trinajstić information content (AvgIpc) is 3.79. The fourth-order valence-corrected chi connectivity index (χ4v) is 13.1. The maximum Gasteiger partial charge on any atom is 0.336 e. The van der Waals surface area contributed by atoms with Crippen LogP contribution in [0.3, 0.4) is 0 Å². The van der Waals surface area contributed by atoms with Crippen LogP contribution in [0.15, 0.2) is 126 Å². The number of carbonyl (C=O) groups is 2. The summed E-state index contributed by atoms with van der Waals surface area (Å²) < 4.78 is 15.2. The van der Waals surface area contributed by atoms with Crippen molar-refractivity contribution in [3.05, 3.63) is 209 Å². The molecule has 7 aliphatic heterocycles. The maximum absolute atomic E-state index is 14.1. The first-order valence-electron chi connectivity index (χ1n) is 29.2. The van der Waals surface area contributed by atoms with Crippen LogP contribution in [0.5, 0.6) is 17.2 Å². The van der Waals surface area contributed by atoms with E-state index in [1.54, 1.807) is 16.7 Å². The lowest BCUT2D eigenvalue weighted by Gasteiger charge is -2.35. The zero-order chi connectivity index (χ0) is 54.1. The first kappa shape index (κ1) is 51.1. The number of aromatic amines is 1. The summed E-state index contributed by atoms with van der Waals surface area (Å²) >= 11 is 0. The van der Waals surface area contributed by atoms with Crippen LogP contribution >= 0.6 is 0 Å². The van der Waals surface area contributed by atoms with Crippen molar-refractivity contribution in [3.8, 4) is 34.3 Å². The van der Waals surface area contributed by atoms with Crippen molar-refractivity contribution in [2.24, 2.45) is 0 Å². The number of imidazole rings is 1. The lowest BCUT2D eigenvalue weighted by Crippen LogP contribution is -2.33. The molecule has 0 unspecified atom stereocenters. The minimum Gasteiger partial charge on any atom is -0.494 e. The second-order valence-corrected chi connectivity index (χ2v) is 22.4. The number of hydrogen-bond acceptors (Lipinski definition) is 8. The largest absolute Gasteiger partial charge is 0.494 e. The number of amides is 1. The van der Waals surface area contributed by atoms with Gasteiger partial charge in [-0.15, -0.1) is 0 Å². The Balaban J connectivity index is 0.689. The summed E-state index contributed by atoms with van der Waals surface area (Å²) in [6, 6.07) is 37.8. The quantitative estimate of drug-likeness (QED) is 0.0806. The maximum atomic E-state index is 14.1. The third-order valence-electron chi connectivity index (χ3n) is 17.0. The molecule has 12 nitrogen and oxygen atoms in total. The number of rotatable bonds is 16. The third-order valence-corrected chi connectivity index (χ3v) is 17.0. The summed E-state index contributed by atoms with van der Waals surface area (Å²) in [4.78, 5) is 55.0. The lowest BCUT2D eigenvalue weighted by atomic mass is 9.82. The number of carboxylic acids is 1. The number of unbranched alkanes of at least 4 members (excludes halogenated alkanes) is 3. The lowest BCUT2D eigenvalue weighted by molar-refractivity contribution is 0.0695. The first-order chi connectivity index (χ1) is 39.3. The molecule has 1 amide bonds. The molecule has 12 heteroatoms. The number of aromatic nitrogens is 3. The molecule has 0 aliphatic carbocycles. The van der Waals surface area contributed by atoms with Crippen molar-refractivity contribution in [3.63, 3.8) is 0 Å². The SMILES string of the molecule is O=C(NCCCCCCOc1cccc(Cc2nc3c(Cc4ccccc4)[nH]c(-c4ccccc4)cn-3c2=O)c1)c1ccc(C(=O)O)c(C2=c3cc4c5c(c3Oc3c2cc2c6c3CCCN6CCCC2)CCCN(C=5)CCCC4)c1. The smallest absolute Gasteiger partial charge is 0.336 e. The van der Waals surface area contributed by atoms with E-state index in [0.29, 0.717) is 48.6 Å². The van der Waals surface area contributed by atoms with Gasteiger partial charge in [-0.2, -0.15) is 0 Å². The molecular formula is C68H68N6O6. The molecule has 0 fully saturated rings. The molecule has 0 spiro atoms. The monoisotopic (exact) mass is 1060 g/mol. The number of carbonyl (C=O) groups excluding carboxylic acids is 1. The van der Waals surface area contributed by atoms with Gasteiger partial charge in [0.25, 0.3) is 11.5 Å². The minimum absolute atomic E-state index is 0.132. The summed E-state index contributed by atoms with van der Waals surface area (Å²) in [7, 11) is 0. The van der Waals surface area contributed by atoms with Gasteiger partial charge >= 0.3 is 5.97 Å². The molecule has 13 rings (SSSR count). The second kappa shape index (κ2) is 22.4. The number of aryl methyl sites for hydroxylation is 2. The van der Waals surface area contributed by atoms with E-state index in [-0.39, 0.29) is 17.0 Å². The van der Waals surface area contributed by atoms with Crippen LogP contribution in [0.4, 0.5) is 5.69 Å². The van der Waals surface area contributed by atoms with Crippen LogP contribution in [-0.2, 0) is 38.5 Å². The van der Waals surface area contributed by atoms with E-state index in [9.17, 15) is 19.5 Å². The molecule has 6 aromatic rings. The molecule has 80 heavy (non-hydrogen) atoms. The Morgan fingerprint density at radius 1 is 0.700 bits per heavy atom. The summed E-state index contributed by atoms with van der Waals surface area (Å²) in [5, 5.41) is 16.3. The zero-order valence-electron chi connectivity index (χ0n) is 45.5. The van der Waals surface area contributed by atoms with E-state index in [2.05, 4.69) is 50.6 Å². The van der Waals surface area contributed by atoms with Crippen LogP contribution in [0.1, 0.15) is 141 Å². The number of ether oxygens (including phenoxy) is 2. The molecule has 6 aromatic carbocycles. The Morgan fingerprint density at radius 3 is 2.33 bits per heavy atom. The first-order valence-corrected chi connectivity index (χ1v) is 29.2. The number of anilines is 1. The Labute approximate surface area is 466 Å². The van der Waals surface area contributed by atoms with Crippen LogP contribution in [-0.4, -0.2) is 75.7 Å². The highest BCUT2D eigenvalue weighted by molar-refractivity contribution is 6.02. The van der Waals surface area contributed by atoms with Crippen molar-refractivity contribution >= 4 is 29.3 Å². The van der Waals surface area contributed by atoms with E-state index in [1.165, 1.54) is 33.2 Å². The standard InChI is InChI=1S/C68H68N6O6/c75-66(69-30-11-1-2-14-35-79-50-25-15-20-45(36-50)38-59-67(76)74-43-60(46-21-7-4-8-22-46)70-58(65(74)71-59)37-44-18-5-3-6-19-44)49-28-29-52(68(77)78)54(41-49)61-55-39-47-23-9-12-31-72-32-16-26-51(57(47)42-72)63(55)80-64-53-27-17-34-73-33-13-10-24-48(62(53)73)40-56(61)64/h3-8,15,18-22,25,28-29,36,39-43,70H,1-2,9-14,16-17,23-24,26-27,30-35,37-38H2,(H,69,75)(H,77,78). The van der Waals surface area contributed by atoms with Crippen LogP contribution < -0.4 is 35.7 Å². The number of aromatic carboxylic acids is 1. The van der Waals surface area contributed by atoms with E-state index in [0.717, 1.165) is 178 Å². The number of benzene rings is 6. The second-order valence-electron chi connectivity index (χ2n) is 22.4. The predicted octanol–water partition coefficient (Wildman–Crippen LogP) is 10.7. The van der Waals surface area contributed by atoms with Gasteiger partial charge < -0.3 is 34.7 Å². The van der Waals surface area contributed by atoms with E-state index >= 15 is 0 Å². The number of fused-ring (bicyclic) bond motifs is 6. The molecule has 0 saturated heterocycles. The Kier molecular flexibility index (Phi) is 14.3. The number of carboxylic acid groups (broad SMARTS) is 1. The predicted molar refractivity (Wildman–Crippen MR) is 314 cm³/mol. The van der Waals surface area contributed by atoms with Gasteiger partial charge in [-0.1, -0.05) is 85.6 Å². The fraction of sp³-hybridized carbons (Fsp3) is 0.324. The van der Waals surface area contributed by atoms with E-state index < -0.39 is 5.97 Å². The number of nitrogens with one attached hydrogen (secondary N) is 2. The van der Waals surface area contributed by atoms with Crippen molar-refractivity contribution in [2.75, 3.05) is 44.2 Å². The third kappa shape index (κ3) is 10.2. The number of hydrogen-bond donors (Lipinski definition) is 3. The number of nitrogens with zero attached hydrogens (tertiary/aromatic N) is 4. The molecular weight excluding hydrogens is 997 g/mol. The van der Waals surface area contributed by atoms with Crippen LogP contribution in [0.25, 0.3) is 28.8 Å². The molecule has 2 bridgehead atoms. The molecule has 0 saturated carbocycles. The minimum atomic E-state index is -1.02. The molecule has 7 heterocycles. The Morgan fingerprint density at radius 2 is 1.46 bits per heavy atom. The normalized spacial score (nSPS) is 15.3. The molecule has 7 aliphatic rings. The van der Waals surface area contributed by atoms with Gasteiger partial charge in [-0.3, -0.25) is 14.2 Å². The average molecular weight is 1070 g/mol. The summed E-state index contributed by atoms with van der Waals surface area (Å²) in [6.07, 6.45) is 18.9. The highest BCUT2D eigenvalue weighted by Crippen LogP contribution is 2.49. The Bertz CT molecular complexity index is 3830. The van der Waals surface area contributed by atoms with Gasteiger partial charge in [0.1, 0.15) is 22.9 Å². The van der Waals surface area contributed by atoms with E-state index in [1.807, 2.05) is 85.1 Å². The number of H-pyrrole nitrogens is 1. The van der Waals surface area contributed by atoms with Crippen molar-refractivity contribution in [1.29, 1.82) is 0 Å². The molecule has 0 atom stereocenters. The van der Waals surface area contributed by atoms with Gasteiger partial charge in [0.2, 0.25) is 0 Å². The topological polar surface area (TPSA) is 142 Å². The van der Waals surface area contributed by atoms with Crippen LogP contribution in [0.2, 0.25) is 0 Å². The van der Waals surface area contributed by atoms with Gasteiger partial charge in [0.05, 0.1) is 23.6 Å². The van der Waals surface area contributed by atoms with Crippen molar-refractivity contribution < 1.29 is 24.2 Å². The van der Waals surface area contributed by atoms with Gasteiger partial charge in [0, 0.05) is 102 Å². The molecule has 0 radical (unpaired) electrons. The highest BCUT2D eigenvalue weighted by Gasteiger charge is 2.35. The van der Waals surface area contributed by atoms with Crippen molar-refractivity contribution in [2.45, 2.75) is 103 Å². The summed E-state index contributed by atoms with van der Waals surface area (Å²) in [6.45, 7) is 5.16. The Hall–Kier alpha value is -8.38. The highest BCUT2D eigenvalue weighted by atomic mass is 16.5. The van der Waals surface area contributed by atoms with Gasteiger partial charge in [-0.05, 0) is 153 Å². The van der Waals surface area contributed by atoms with Gasteiger partial charge in [0.15, 0.2) is 5.82 Å². The van der Waals surface area contributed by atoms with Crippen LogP contribution in [0, 0.1) is 0 Å². The summed E-state index contributed by atoms with van der Waals surface area (Å²) in [5.74, 6) is 1.84.